The summed E-state index contributed by atoms with van der Waals surface area (Å²) in [6.07, 6.45) is 3.91. The van der Waals surface area contributed by atoms with Crippen LogP contribution in [-0.2, 0) is 4.79 Å². The number of carbonyl (C=O) groups excluding carboxylic acids is 1. The second-order valence-corrected chi connectivity index (χ2v) is 7.78. The first-order valence-corrected chi connectivity index (χ1v) is 10.2. The number of rotatable bonds is 4. The number of H-pyrrole nitrogens is 1. The molecule has 7 heteroatoms. The average Bonchev–Trinajstić information content (AvgIpc) is 3.35. The van der Waals surface area contributed by atoms with Crippen LogP contribution in [0, 0.1) is 17.8 Å². The molecular formula is C22H19N5OS. The number of hydrogen-bond acceptors (Lipinski definition) is 5. The standard InChI is InChI=1S/C22H19N5OS/c1-14(2)7-22(28)25-18-8-16(10-23-11-18)15-3-5-20-19(9-15)21(27-26-20)6-4-17-12-29-13-24-17/h3,5,8-14H,7H2,1-2H3,(H,25,28)(H,26,27). The lowest BCUT2D eigenvalue weighted by Gasteiger charge is -2.08. The lowest BCUT2D eigenvalue weighted by Crippen LogP contribution is -2.13. The second kappa shape index (κ2) is 8.25. The molecule has 0 radical (unpaired) electrons. The number of aromatic amines is 1. The molecule has 1 amide bonds. The van der Waals surface area contributed by atoms with E-state index in [-0.39, 0.29) is 5.91 Å². The molecule has 6 nitrogen and oxygen atoms in total. The highest BCUT2D eigenvalue weighted by atomic mass is 32.1. The van der Waals surface area contributed by atoms with Crippen molar-refractivity contribution >= 4 is 33.8 Å². The predicted octanol–water partition coefficient (Wildman–Crippen LogP) is 4.47. The van der Waals surface area contributed by atoms with Crippen LogP contribution >= 0.6 is 11.3 Å². The lowest BCUT2D eigenvalue weighted by atomic mass is 10.0. The Bertz CT molecular complexity index is 1210. The predicted molar refractivity (Wildman–Crippen MR) is 116 cm³/mol. The molecule has 3 heterocycles. The smallest absolute Gasteiger partial charge is 0.224 e. The Morgan fingerprint density at radius 3 is 2.90 bits per heavy atom. The van der Waals surface area contributed by atoms with Crippen molar-refractivity contribution in [3.05, 3.63) is 58.9 Å². The summed E-state index contributed by atoms with van der Waals surface area (Å²) in [4.78, 5) is 20.5. The van der Waals surface area contributed by atoms with Gasteiger partial charge in [-0.25, -0.2) is 4.98 Å². The lowest BCUT2D eigenvalue weighted by molar-refractivity contribution is -0.116. The highest BCUT2D eigenvalue weighted by Gasteiger charge is 2.09. The summed E-state index contributed by atoms with van der Waals surface area (Å²) in [6.45, 7) is 4.03. The van der Waals surface area contributed by atoms with Crippen molar-refractivity contribution < 1.29 is 4.79 Å². The Hall–Kier alpha value is -3.50. The first-order chi connectivity index (χ1) is 14.1. The fraction of sp³-hybridized carbons (Fsp3) is 0.182. The summed E-state index contributed by atoms with van der Waals surface area (Å²) in [7, 11) is 0. The van der Waals surface area contributed by atoms with E-state index in [4.69, 9.17) is 0 Å². The number of fused-ring (bicyclic) bond motifs is 1. The molecule has 0 aliphatic rings. The minimum absolute atomic E-state index is 0.0103. The molecule has 0 saturated heterocycles. The summed E-state index contributed by atoms with van der Waals surface area (Å²) in [5, 5.41) is 13.1. The first-order valence-electron chi connectivity index (χ1n) is 9.22. The summed E-state index contributed by atoms with van der Waals surface area (Å²) >= 11 is 1.51. The summed E-state index contributed by atoms with van der Waals surface area (Å²) in [5.41, 5.74) is 6.64. The SMILES string of the molecule is CC(C)CC(=O)Nc1cncc(-c2ccc3n[nH]c(C#Cc4cscn4)c3c2)c1. The molecule has 29 heavy (non-hydrogen) atoms. The minimum atomic E-state index is -0.0103. The van der Waals surface area contributed by atoms with Crippen LogP contribution in [0.3, 0.4) is 0 Å². The third-order valence-electron chi connectivity index (χ3n) is 4.25. The number of carbonyl (C=O) groups is 1. The molecule has 0 spiro atoms. The van der Waals surface area contributed by atoms with Gasteiger partial charge < -0.3 is 5.32 Å². The Morgan fingerprint density at radius 2 is 2.10 bits per heavy atom. The number of nitrogens with zero attached hydrogens (tertiary/aromatic N) is 3. The third kappa shape index (κ3) is 4.50. The summed E-state index contributed by atoms with van der Waals surface area (Å²) in [5.74, 6) is 6.44. The van der Waals surface area contributed by atoms with Crippen molar-refractivity contribution in [3.8, 4) is 23.0 Å². The van der Waals surface area contributed by atoms with Gasteiger partial charge in [0.1, 0.15) is 11.4 Å². The maximum absolute atomic E-state index is 12.1. The molecular weight excluding hydrogens is 382 g/mol. The van der Waals surface area contributed by atoms with Crippen molar-refractivity contribution in [3.63, 3.8) is 0 Å². The van der Waals surface area contributed by atoms with E-state index in [0.717, 1.165) is 33.4 Å². The van der Waals surface area contributed by atoms with Crippen molar-refractivity contribution in [2.24, 2.45) is 5.92 Å². The van der Waals surface area contributed by atoms with Crippen LogP contribution in [0.5, 0.6) is 0 Å². The number of benzene rings is 1. The van der Waals surface area contributed by atoms with Crippen molar-refractivity contribution in [1.82, 2.24) is 20.2 Å². The highest BCUT2D eigenvalue weighted by molar-refractivity contribution is 7.07. The van der Waals surface area contributed by atoms with Gasteiger partial charge in [0.15, 0.2) is 0 Å². The molecule has 0 atom stereocenters. The molecule has 0 bridgehead atoms. The number of aromatic nitrogens is 4. The van der Waals surface area contributed by atoms with Gasteiger partial charge in [0.2, 0.25) is 5.91 Å². The molecule has 144 valence electrons. The van der Waals surface area contributed by atoms with Gasteiger partial charge in [-0.15, -0.1) is 11.3 Å². The van der Waals surface area contributed by atoms with E-state index in [1.165, 1.54) is 11.3 Å². The second-order valence-electron chi connectivity index (χ2n) is 7.06. The van der Waals surface area contributed by atoms with Crippen LogP contribution in [0.4, 0.5) is 5.69 Å². The van der Waals surface area contributed by atoms with E-state index in [0.29, 0.717) is 18.0 Å². The zero-order valence-corrected chi connectivity index (χ0v) is 16.9. The quantitative estimate of drug-likeness (QED) is 0.494. The maximum atomic E-state index is 12.1. The molecule has 4 aromatic rings. The van der Waals surface area contributed by atoms with Crippen LogP contribution in [0.1, 0.15) is 31.7 Å². The van der Waals surface area contributed by atoms with Crippen molar-refractivity contribution in [2.75, 3.05) is 5.32 Å². The van der Waals surface area contributed by atoms with Crippen molar-refractivity contribution in [2.45, 2.75) is 20.3 Å². The van der Waals surface area contributed by atoms with E-state index in [1.807, 2.05) is 43.5 Å². The van der Waals surface area contributed by atoms with Gasteiger partial charge in [0.25, 0.3) is 0 Å². The molecule has 0 saturated carbocycles. The zero-order valence-electron chi connectivity index (χ0n) is 16.1. The van der Waals surface area contributed by atoms with E-state index < -0.39 is 0 Å². The van der Waals surface area contributed by atoms with E-state index in [9.17, 15) is 4.79 Å². The van der Waals surface area contributed by atoms with E-state index in [2.05, 4.69) is 37.3 Å². The molecule has 4 rings (SSSR count). The molecule has 2 N–H and O–H groups in total. The average molecular weight is 401 g/mol. The van der Waals surface area contributed by atoms with Crippen LogP contribution in [0.15, 0.2) is 47.5 Å². The molecule has 0 unspecified atom stereocenters. The molecule has 0 aliphatic carbocycles. The first kappa shape index (κ1) is 18.8. The number of pyridine rings is 1. The fourth-order valence-electron chi connectivity index (χ4n) is 2.93. The Morgan fingerprint density at radius 1 is 1.21 bits per heavy atom. The van der Waals surface area contributed by atoms with Crippen LogP contribution < -0.4 is 5.32 Å². The topological polar surface area (TPSA) is 83.6 Å². The van der Waals surface area contributed by atoms with Gasteiger partial charge >= 0.3 is 0 Å². The van der Waals surface area contributed by atoms with Crippen LogP contribution in [0.2, 0.25) is 0 Å². The number of thiazole rings is 1. The number of amides is 1. The Kier molecular flexibility index (Phi) is 5.36. The van der Waals surface area contributed by atoms with E-state index in [1.54, 1.807) is 17.9 Å². The molecule has 0 fully saturated rings. The van der Waals surface area contributed by atoms with Crippen LogP contribution in [-0.4, -0.2) is 26.1 Å². The highest BCUT2D eigenvalue weighted by Crippen LogP contribution is 2.26. The van der Waals surface area contributed by atoms with Gasteiger partial charge in [-0.05, 0) is 41.5 Å². The monoisotopic (exact) mass is 401 g/mol. The molecule has 1 aromatic carbocycles. The zero-order chi connectivity index (χ0) is 20.2. The molecule has 3 aromatic heterocycles. The Balaban J connectivity index is 1.63. The van der Waals surface area contributed by atoms with Gasteiger partial charge in [-0.2, -0.15) is 5.10 Å². The van der Waals surface area contributed by atoms with Crippen molar-refractivity contribution in [1.29, 1.82) is 0 Å². The number of hydrogen-bond donors (Lipinski definition) is 2. The summed E-state index contributed by atoms with van der Waals surface area (Å²) in [6, 6.07) is 7.88. The van der Waals surface area contributed by atoms with Gasteiger partial charge in [0, 0.05) is 28.9 Å². The van der Waals surface area contributed by atoms with Gasteiger partial charge in [-0.3, -0.25) is 14.9 Å². The van der Waals surface area contributed by atoms with Gasteiger partial charge in [-0.1, -0.05) is 19.9 Å². The third-order valence-corrected chi connectivity index (χ3v) is 4.84. The van der Waals surface area contributed by atoms with E-state index >= 15 is 0 Å². The Labute approximate surface area is 172 Å². The van der Waals surface area contributed by atoms with Crippen LogP contribution in [0.25, 0.3) is 22.0 Å². The number of anilines is 1. The van der Waals surface area contributed by atoms with Gasteiger partial charge in [0.05, 0.1) is 22.9 Å². The number of nitrogens with one attached hydrogen (secondary N) is 2. The summed E-state index contributed by atoms with van der Waals surface area (Å²) < 4.78 is 0. The minimum Gasteiger partial charge on any atom is -0.325 e. The molecule has 0 aliphatic heterocycles. The maximum Gasteiger partial charge on any atom is 0.224 e. The largest absolute Gasteiger partial charge is 0.325 e. The normalized spacial score (nSPS) is 10.7. The fourth-order valence-corrected chi connectivity index (χ4v) is 3.42.